The highest BCUT2D eigenvalue weighted by Crippen LogP contribution is 2.41. The number of nitrogens with one attached hydrogen (secondary N) is 1. The average molecular weight is 141 g/mol. The first kappa shape index (κ1) is 6.16. The van der Waals surface area contributed by atoms with Crippen LogP contribution in [-0.2, 0) is 4.79 Å². The SMILES string of the molecule is O=C(O)C1CCNC2CC21. The van der Waals surface area contributed by atoms with E-state index in [1.165, 1.54) is 0 Å². The molecule has 1 saturated heterocycles. The number of piperidine rings is 1. The Morgan fingerprint density at radius 2 is 2.40 bits per heavy atom. The molecule has 10 heavy (non-hydrogen) atoms. The molecule has 0 aromatic carbocycles. The van der Waals surface area contributed by atoms with Crippen LogP contribution in [0.2, 0.25) is 0 Å². The highest BCUT2D eigenvalue weighted by Gasteiger charge is 2.48. The molecule has 3 nitrogen and oxygen atoms in total. The molecule has 56 valence electrons. The zero-order valence-corrected chi connectivity index (χ0v) is 5.71. The van der Waals surface area contributed by atoms with E-state index in [-0.39, 0.29) is 5.92 Å². The van der Waals surface area contributed by atoms with Crippen LogP contribution in [0.15, 0.2) is 0 Å². The van der Waals surface area contributed by atoms with E-state index < -0.39 is 5.97 Å². The molecule has 2 aliphatic rings. The molecule has 0 radical (unpaired) electrons. The molecule has 0 aromatic heterocycles. The molecule has 0 aromatic rings. The van der Waals surface area contributed by atoms with Gasteiger partial charge in [-0.25, -0.2) is 0 Å². The quantitative estimate of drug-likeness (QED) is 0.543. The lowest BCUT2D eigenvalue weighted by molar-refractivity contribution is -0.143. The van der Waals surface area contributed by atoms with Gasteiger partial charge in [0.25, 0.3) is 0 Å². The molecule has 3 heteroatoms. The summed E-state index contributed by atoms with van der Waals surface area (Å²) >= 11 is 0. The van der Waals surface area contributed by atoms with Gasteiger partial charge < -0.3 is 10.4 Å². The maximum absolute atomic E-state index is 10.6. The molecule has 3 atom stereocenters. The van der Waals surface area contributed by atoms with Gasteiger partial charge in [0.15, 0.2) is 0 Å². The summed E-state index contributed by atoms with van der Waals surface area (Å²) < 4.78 is 0. The van der Waals surface area contributed by atoms with Gasteiger partial charge in [-0.2, -0.15) is 0 Å². The standard InChI is InChI=1S/C7H11NO2/c9-7(10)4-1-2-8-6-3-5(4)6/h4-6,8H,1-3H2,(H,9,10). The van der Waals surface area contributed by atoms with Crippen molar-refractivity contribution in [2.75, 3.05) is 6.54 Å². The second-order valence-corrected chi connectivity index (χ2v) is 3.19. The fourth-order valence-corrected chi connectivity index (χ4v) is 1.84. The number of carbonyl (C=O) groups is 1. The summed E-state index contributed by atoms with van der Waals surface area (Å²) in [6.45, 7) is 0.887. The molecular formula is C7H11NO2. The predicted octanol–water partition coefficient (Wildman–Crippen LogP) is 0.0690. The fraction of sp³-hybridized carbons (Fsp3) is 0.857. The van der Waals surface area contributed by atoms with E-state index in [0.717, 1.165) is 19.4 Å². The number of hydrogen-bond acceptors (Lipinski definition) is 2. The van der Waals surface area contributed by atoms with Crippen molar-refractivity contribution in [3.8, 4) is 0 Å². The first-order chi connectivity index (χ1) is 4.79. The Hall–Kier alpha value is -0.570. The van der Waals surface area contributed by atoms with E-state index in [1.54, 1.807) is 0 Å². The zero-order valence-electron chi connectivity index (χ0n) is 5.71. The van der Waals surface area contributed by atoms with Crippen molar-refractivity contribution in [2.45, 2.75) is 18.9 Å². The lowest BCUT2D eigenvalue weighted by Crippen LogP contribution is -2.33. The van der Waals surface area contributed by atoms with Gasteiger partial charge in [-0.3, -0.25) is 4.79 Å². The maximum Gasteiger partial charge on any atom is 0.306 e. The third kappa shape index (κ3) is 0.814. The van der Waals surface area contributed by atoms with Crippen LogP contribution in [0, 0.1) is 11.8 Å². The summed E-state index contributed by atoms with van der Waals surface area (Å²) in [6.07, 6.45) is 1.90. The Morgan fingerprint density at radius 3 is 3.00 bits per heavy atom. The summed E-state index contributed by atoms with van der Waals surface area (Å²) in [4.78, 5) is 10.6. The number of carboxylic acids is 1. The molecule has 0 bridgehead atoms. The van der Waals surface area contributed by atoms with E-state index in [0.29, 0.717) is 12.0 Å². The highest BCUT2D eigenvalue weighted by molar-refractivity contribution is 5.71. The van der Waals surface area contributed by atoms with Crippen molar-refractivity contribution in [1.82, 2.24) is 5.32 Å². The molecule has 2 rings (SSSR count). The van der Waals surface area contributed by atoms with Gasteiger partial charge in [0.05, 0.1) is 5.92 Å². The van der Waals surface area contributed by atoms with Crippen LogP contribution in [0.1, 0.15) is 12.8 Å². The molecule has 2 N–H and O–H groups in total. The summed E-state index contributed by atoms with van der Waals surface area (Å²) in [6, 6.07) is 0.537. The van der Waals surface area contributed by atoms with Crippen LogP contribution < -0.4 is 5.32 Å². The lowest BCUT2D eigenvalue weighted by atomic mass is 9.97. The first-order valence-corrected chi connectivity index (χ1v) is 3.75. The molecule has 1 aliphatic heterocycles. The predicted molar refractivity (Wildman–Crippen MR) is 35.6 cm³/mol. The van der Waals surface area contributed by atoms with Crippen molar-refractivity contribution >= 4 is 5.97 Å². The first-order valence-electron chi connectivity index (χ1n) is 3.75. The van der Waals surface area contributed by atoms with Crippen molar-refractivity contribution in [1.29, 1.82) is 0 Å². The van der Waals surface area contributed by atoms with E-state index >= 15 is 0 Å². The van der Waals surface area contributed by atoms with Gasteiger partial charge >= 0.3 is 5.97 Å². The number of rotatable bonds is 1. The Kier molecular flexibility index (Phi) is 1.20. The molecule has 1 aliphatic carbocycles. The summed E-state index contributed by atoms with van der Waals surface area (Å²) in [5.41, 5.74) is 0. The Morgan fingerprint density at radius 1 is 1.60 bits per heavy atom. The number of hydrogen-bond donors (Lipinski definition) is 2. The Labute approximate surface area is 59.4 Å². The van der Waals surface area contributed by atoms with Crippen molar-refractivity contribution in [3.63, 3.8) is 0 Å². The Balaban J connectivity index is 2.02. The van der Waals surface area contributed by atoms with Crippen molar-refractivity contribution < 1.29 is 9.90 Å². The molecule has 0 spiro atoms. The van der Waals surface area contributed by atoms with Gasteiger partial charge in [0.1, 0.15) is 0 Å². The molecular weight excluding hydrogens is 130 g/mol. The third-order valence-electron chi connectivity index (χ3n) is 2.54. The monoisotopic (exact) mass is 141 g/mol. The summed E-state index contributed by atoms with van der Waals surface area (Å²) in [5.74, 6) is -0.202. The minimum absolute atomic E-state index is 0.0498. The Bertz CT molecular complexity index is 169. The van der Waals surface area contributed by atoms with Crippen molar-refractivity contribution in [3.05, 3.63) is 0 Å². The van der Waals surface area contributed by atoms with Gasteiger partial charge in [-0.05, 0) is 25.3 Å². The maximum atomic E-state index is 10.6. The summed E-state index contributed by atoms with van der Waals surface area (Å²) in [7, 11) is 0. The number of carboxylic acid groups (broad SMARTS) is 1. The number of fused-ring (bicyclic) bond motifs is 1. The number of aliphatic carboxylic acids is 1. The van der Waals surface area contributed by atoms with E-state index in [4.69, 9.17) is 5.11 Å². The molecule has 2 fully saturated rings. The molecule has 1 heterocycles. The smallest absolute Gasteiger partial charge is 0.306 e. The minimum atomic E-state index is -0.603. The van der Waals surface area contributed by atoms with Crippen LogP contribution in [0.4, 0.5) is 0 Å². The van der Waals surface area contributed by atoms with Gasteiger partial charge in [0, 0.05) is 6.04 Å². The fourth-order valence-electron chi connectivity index (χ4n) is 1.84. The van der Waals surface area contributed by atoms with Crippen LogP contribution in [-0.4, -0.2) is 23.7 Å². The zero-order chi connectivity index (χ0) is 7.14. The highest BCUT2D eigenvalue weighted by atomic mass is 16.4. The summed E-state index contributed by atoms with van der Waals surface area (Å²) in [5, 5.41) is 12.0. The van der Waals surface area contributed by atoms with Gasteiger partial charge in [0.2, 0.25) is 0 Å². The molecule has 0 amide bonds. The molecule has 1 saturated carbocycles. The van der Waals surface area contributed by atoms with Gasteiger partial charge in [-0.15, -0.1) is 0 Å². The van der Waals surface area contributed by atoms with E-state index in [2.05, 4.69) is 5.32 Å². The minimum Gasteiger partial charge on any atom is -0.481 e. The van der Waals surface area contributed by atoms with E-state index in [1.807, 2.05) is 0 Å². The van der Waals surface area contributed by atoms with Crippen LogP contribution in [0.3, 0.4) is 0 Å². The second kappa shape index (κ2) is 1.95. The average Bonchev–Trinajstić information content (AvgIpc) is 2.63. The third-order valence-corrected chi connectivity index (χ3v) is 2.54. The van der Waals surface area contributed by atoms with Crippen molar-refractivity contribution in [2.24, 2.45) is 11.8 Å². The molecule has 3 unspecified atom stereocenters. The van der Waals surface area contributed by atoms with Crippen LogP contribution in [0.25, 0.3) is 0 Å². The lowest BCUT2D eigenvalue weighted by Gasteiger charge is -2.17. The second-order valence-electron chi connectivity index (χ2n) is 3.19. The van der Waals surface area contributed by atoms with E-state index in [9.17, 15) is 4.79 Å². The topological polar surface area (TPSA) is 49.3 Å². The van der Waals surface area contributed by atoms with Crippen LogP contribution >= 0.6 is 0 Å². The van der Waals surface area contributed by atoms with Crippen LogP contribution in [0.5, 0.6) is 0 Å². The van der Waals surface area contributed by atoms with Gasteiger partial charge in [-0.1, -0.05) is 0 Å². The normalized spacial score (nSPS) is 44.2. The largest absolute Gasteiger partial charge is 0.481 e.